The largest absolute Gasteiger partial charge is 0.416 e. The summed E-state index contributed by atoms with van der Waals surface area (Å²) in [5, 5.41) is 8.30. The van der Waals surface area contributed by atoms with Gasteiger partial charge in [0.05, 0.1) is 18.2 Å². The number of benzene rings is 2. The molecule has 4 rings (SSSR count). The zero-order chi connectivity index (χ0) is 19.7. The summed E-state index contributed by atoms with van der Waals surface area (Å²) in [6.45, 7) is 3.28. The maximum absolute atomic E-state index is 13.0. The second kappa shape index (κ2) is 7.63. The van der Waals surface area contributed by atoms with Crippen LogP contribution in [-0.2, 0) is 14.8 Å². The van der Waals surface area contributed by atoms with Crippen LogP contribution in [-0.4, -0.2) is 49.2 Å². The SMILES string of the molecule is Cc1cccc(-c2nnc(-c3ccc(Cl)c(S(=O)(=O)N4CCOCC4)c3)o2)c1. The van der Waals surface area contributed by atoms with E-state index in [1.165, 1.54) is 16.4 Å². The fourth-order valence-corrected chi connectivity index (χ4v) is 4.90. The molecule has 0 aliphatic carbocycles. The predicted octanol–water partition coefficient (Wildman–Crippen LogP) is 3.39. The van der Waals surface area contributed by atoms with Crippen LogP contribution in [0.2, 0.25) is 5.02 Å². The molecule has 0 unspecified atom stereocenters. The van der Waals surface area contributed by atoms with Gasteiger partial charge in [0, 0.05) is 24.2 Å². The van der Waals surface area contributed by atoms with E-state index in [9.17, 15) is 8.42 Å². The van der Waals surface area contributed by atoms with E-state index in [-0.39, 0.29) is 15.8 Å². The first-order valence-electron chi connectivity index (χ1n) is 8.73. The standard InChI is InChI=1S/C19H18ClN3O4S/c1-13-3-2-4-14(11-13)18-21-22-19(27-18)15-5-6-16(20)17(12-15)28(24,25)23-7-9-26-10-8-23/h2-6,11-12H,7-10H2,1H3. The molecule has 3 aromatic rings. The van der Waals surface area contributed by atoms with Gasteiger partial charge in [0.25, 0.3) is 0 Å². The van der Waals surface area contributed by atoms with Gasteiger partial charge in [-0.1, -0.05) is 29.3 Å². The Bertz CT molecular complexity index is 1110. The van der Waals surface area contributed by atoms with Crippen LogP contribution in [0.5, 0.6) is 0 Å². The number of nitrogens with zero attached hydrogens (tertiary/aromatic N) is 3. The summed E-state index contributed by atoms with van der Waals surface area (Å²) in [5.41, 5.74) is 2.36. The van der Waals surface area contributed by atoms with Crippen molar-refractivity contribution in [3.63, 3.8) is 0 Å². The summed E-state index contributed by atoms with van der Waals surface area (Å²) in [5.74, 6) is 0.595. The van der Waals surface area contributed by atoms with Gasteiger partial charge in [0.1, 0.15) is 4.90 Å². The van der Waals surface area contributed by atoms with E-state index in [0.29, 0.717) is 37.8 Å². The van der Waals surface area contributed by atoms with Crippen LogP contribution in [0.25, 0.3) is 22.9 Å². The molecule has 1 saturated heterocycles. The highest BCUT2D eigenvalue weighted by molar-refractivity contribution is 7.89. The first-order chi connectivity index (χ1) is 13.4. The highest BCUT2D eigenvalue weighted by Gasteiger charge is 2.29. The Hall–Kier alpha value is -2.26. The Kier molecular flexibility index (Phi) is 5.20. The van der Waals surface area contributed by atoms with Crippen LogP contribution in [0, 0.1) is 6.92 Å². The molecule has 1 aliphatic rings. The van der Waals surface area contributed by atoms with Crippen molar-refractivity contribution in [2.24, 2.45) is 0 Å². The maximum Gasteiger partial charge on any atom is 0.248 e. The Morgan fingerprint density at radius 2 is 1.68 bits per heavy atom. The lowest BCUT2D eigenvalue weighted by Gasteiger charge is -2.26. The Labute approximate surface area is 168 Å². The first-order valence-corrected chi connectivity index (χ1v) is 10.6. The number of aryl methyl sites for hydroxylation is 1. The normalized spacial score (nSPS) is 15.6. The molecule has 2 heterocycles. The zero-order valence-electron chi connectivity index (χ0n) is 15.1. The fourth-order valence-electron chi connectivity index (χ4n) is 2.99. The lowest BCUT2D eigenvalue weighted by Crippen LogP contribution is -2.40. The van der Waals surface area contributed by atoms with Crippen molar-refractivity contribution < 1.29 is 17.6 Å². The van der Waals surface area contributed by atoms with Crippen molar-refractivity contribution in [1.82, 2.24) is 14.5 Å². The van der Waals surface area contributed by atoms with E-state index in [4.69, 9.17) is 20.8 Å². The minimum absolute atomic E-state index is 0.0175. The van der Waals surface area contributed by atoms with Crippen LogP contribution >= 0.6 is 11.6 Å². The molecule has 1 fully saturated rings. The van der Waals surface area contributed by atoms with E-state index in [1.54, 1.807) is 6.07 Å². The third-order valence-electron chi connectivity index (χ3n) is 4.46. The highest BCUT2D eigenvalue weighted by Crippen LogP contribution is 2.31. The monoisotopic (exact) mass is 419 g/mol. The summed E-state index contributed by atoms with van der Waals surface area (Å²) in [7, 11) is -3.74. The number of sulfonamides is 1. The van der Waals surface area contributed by atoms with Crippen molar-refractivity contribution >= 4 is 21.6 Å². The Balaban J connectivity index is 1.70. The molecular weight excluding hydrogens is 402 g/mol. The van der Waals surface area contributed by atoms with Crippen molar-refractivity contribution in [2.75, 3.05) is 26.3 Å². The van der Waals surface area contributed by atoms with Gasteiger partial charge < -0.3 is 9.15 Å². The fraction of sp³-hybridized carbons (Fsp3) is 0.263. The molecule has 0 amide bonds. The van der Waals surface area contributed by atoms with Crippen molar-refractivity contribution in [3.8, 4) is 22.9 Å². The molecule has 0 atom stereocenters. The zero-order valence-corrected chi connectivity index (χ0v) is 16.7. The number of rotatable bonds is 4. The first kappa shape index (κ1) is 19.1. The van der Waals surface area contributed by atoms with E-state index >= 15 is 0 Å². The summed E-state index contributed by atoms with van der Waals surface area (Å²) in [4.78, 5) is 0.0175. The second-order valence-electron chi connectivity index (χ2n) is 6.44. The number of hydrogen-bond acceptors (Lipinski definition) is 6. The molecule has 2 aromatic carbocycles. The highest BCUT2D eigenvalue weighted by atomic mass is 35.5. The summed E-state index contributed by atoms with van der Waals surface area (Å²) >= 11 is 6.20. The van der Waals surface area contributed by atoms with Crippen LogP contribution in [0.1, 0.15) is 5.56 Å². The van der Waals surface area contributed by atoms with Gasteiger partial charge in [0.2, 0.25) is 21.8 Å². The molecule has 1 aliphatic heterocycles. The summed E-state index contributed by atoms with van der Waals surface area (Å²) in [6.07, 6.45) is 0. The van der Waals surface area contributed by atoms with Gasteiger partial charge in [-0.3, -0.25) is 0 Å². The average molecular weight is 420 g/mol. The number of halogens is 1. The van der Waals surface area contributed by atoms with Gasteiger partial charge >= 0.3 is 0 Å². The molecular formula is C19H18ClN3O4S. The predicted molar refractivity (Wildman–Crippen MR) is 104 cm³/mol. The summed E-state index contributed by atoms with van der Waals surface area (Å²) < 4.78 is 38.3. The van der Waals surface area contributed by atoms with Crippen LogP contribution in [0.4, 0.5) is 0 Å². The van der Waals surface area contributed by atoms with Crippen LogP contribution in [0.15, 0.2) is 51.8 Å². The third-order valence-corrected chi connectivity index (χ3v) is 6.84. The Morgan fingerprint density at radius 3 is 2.36 bits per heavy atom. The number of ether oxygens (including phenoxy) is 1. The van der Waals surface area contributed by atoms with E-state index in [0.717, 1.165) is 11.1 Å². The molecule has 0 bridgehead atoms. The number of aromatic nitrogens is 2. The lowest BCUT2D eigenvalue weighted by molar-refractivity contribution is 0.0730. The molecule has 28 heavy (non-hydrogen) atoms. The van der Waals surface area contributed by atoms with Crippen molar-refractivity contribution in [3.05, 3.63) is 53.1 Å². The second-order valence-corrected chi connectivity index (χ2v) is 8.76. The molecule has 9 heteroatoms. The van der Waals surface area contributed by atoms with Crippen LogP contribution in [0.3, 0.4) is 0 Å². The van der Waals surface area contributed by atoms with E-state index < -0.39 is 10.0 Å². The third kappa shape index (κ3) is 3.68. The molecule has 0 N–H and O–H groups in total. The number of morpholine rings is 1. The number of hydrogen-bond donors (Lipinski definition) is 0. The van der Waals surface area contributed by atoms with Gasteiger partial charge in [-0.2, -0.15) is 4.31 Å². The molecule has 0 saturated carbocycles. The van der Waals surface area contributed by atoms with Gasteiger partial charge in [-0.05, 0) is 37.3 Å². The minimum atomic E-state index is -3.74. The minimum Gasteiger partial charge on any atom is -0.416 e. The topological polar surface area (TPSA) is 85.5 Å². The quantitative estimate of drug-likeness (QED) is 0.644. The van der Waals surface area contributed by atoms with Gasteiger partial charge in [0.15, 0.2) is 0 Å². The van der Waals surface area contributed by atoms with E-state index in [1.807, 2.05) is 31.2 Å². The van der Waals surface area contributed by atoms with Crippen LogP contribution < -0.4 is 0 Å². The van der Waals surface area contributed by atoms with E-state index in [2.05, 4.69) is 10.2 Å². The molecule has 0 spiro atoms. The molecule has 146 valence electrons. The van der Waals surface area contributed by atoms with Gasteiger partial charge in [-0.15, -0.1) is 10.2 Å². The van der Waals surface area contributed by atoms with Crippen molar-refractivity contribution in [2.45, 2.75) is 11.8 Å². The Morgan fingerprint density at radius 1 is 1.00 bits per heavy atom. The average Bonchev–Trinajstić information content (AvgIpc) is 3.19. The van der Waals surface area contributed by atoms with Crippen molar-refractivity contribution in [1.29, 1.82) is 0 Å². The molecule has 0 radical (unpaired) electrons. The summed E-state index contributed by atoms with van der Waals surface area (Å²) in [6, 6.07) is 12.4. The lowest BCUT2D eigenvalue weighted by atomic mass is 10.1. The smallest absolute Gasteiger partial charge is 0.248 e. The maximum atomic E-state index is 13.0. The molecule has 1 aromatic heterocycles. The molecule has 7 nitrogen and oxygen atoms in total. The van der Waals surface area contributed by atoms with Gasteiger partial charge in [-0.25, -0.2) is 8.42 Å².